The number of rotatable bonds is 3. The van der Waals surface area contributed by atoms with Crippen LogP contribution < -0.4 is 5.73 Å². The third kappa shape index (κ3) is 2.45. The number of ether oxygens (including phenoxy) is 2. The minimum Gasteiger partial charge on any atom is -0.480 e. The summed E-state index contributed by atoms with van der Waals surface area (Å²) in [6.07, 6.45) is -0.212. The summed E-state index contributed by atoms with van der Waals surface area (Å²) in [5, 5.41) is 8.41. The van der Waals surface area contributed by atoms with Crippen LogP contribution in [-0.4, -0.2) is 36.6 Å². The van der Waals surface area contributed by atoms with Crippen molar-refractivity contribution >= 4 is 5.97 Å². The number of aliphatic carboxylic acids is 1. The highest BCUT2D eigenvalue weighted by Gasteiger charge is 2.22. The van der Waals surface area contributed by atoms with Gasteiger partial charge in [0.25, 0.3) is 0 Å². The van der Waals surface area contributed by atoms with Gasteiger partial charge in [0.1, 0.15) is 6.04 Å². The highest BCUT2D eigenvalue weighted by Crippen LogP contribution is 2.09. The van der Waals surface area contributed by atoms with E-state index in [1.807, 2.05) is 0 Å². The van der Waals surface area contributed by atoms with Crippen LogP contribution in [0.5, 0.6) is 0 Å². The van der Waals surface area contributed by atoms with E-state index < -0.39 is 18.3 Å². The van der Waals surface area contributed by atoms with E-state index in [0.29, 0.717) is 13.2 Å². The lowest BCUT2D eigenvalue weighted by Crippen LogP contribution is -2.34. The number of hydrogen-bond acceptors (Lipinski definition) is 4. The van der Waals surface area contributed by atoms with Crippen LogP contribution in [0, 0.1) is 0 Å². The van der Waals surface area contributed by atoms with Gasteiger partial charge in [0.2, 0.25) is 0 Å². The molecular formula is C6H11NO4. The number of nitrogens with two attached hydrogens (primary N) is 1. The lowest BCUT2D eigenvalue weighted by molar-refractivity contribution is -0.141. The zero-order valence-electron chi connectivity index (χ0n) is 6.03. The predicted octanol–water partition coefficient (Wildman–Crippen LogP) is -0.839. The Morgan fingerprint density at radius 2 is 2.18 bits per heavy atom. The fraction of sp³-hybridized carbons (Fsp3) is 0.833. The monoisotopic (exact) mass is 161 g/mol. The van der Waals surface area contributed by atoms with Crippen LogP contribution in [0.3, 0.4) is 0 Å². The smallest absolute Gasteiger partial charge is 0.320 e. The molecule has 0 bridgehead atoms. The van der Waals surface area contributed by atoms with Gasteiger partial charge in [-0.3, -0.25) is 4.79 Å². The van der Waals surface area contributed by atoms with Gasteiger partial charge in [-0.2, -0.15) is 0 Å². The molecule has 1 heterocycles. The molecule has 1 aliphatic heterocycles. The number of carboxylic acids is 1. The molecule has 0 amide bonds. The van der Waals surface area contributed by atoms with Crippen LogP contribution >= 0.6 is 0 Å². The van der Waals surface area contributed by atoms with Gasteiger partial charge in [0, 0.05) is 6.42 Å². The summed E-state index contributed by atoms with van der Waals surface area (Å²) in [4.78, 5) is 10.3. The van der Waals surface area contributed by atoms with Gasteiger partial charge in [-0.25, -0.2) is 0 Å². The summed E-state index contributed by atoms with van der Waals surface area (Å²) < 4.78 is 10.0. The minimum atomic E-state index is -1.02. The molecule has 0 aromatic heterocycles. The van der Waals surface area contributed by atoms with Crippen molar-refractivity contribution in [3.8, 4) is 0 Å². The molecule has 64 valence electrons. The van der Waals surface area contributed by atoms with Gasteiger partial charge in [-0.15, -0.1) is 0 Å². The van der Waals surface area contributed by atoms with Gasteiger partial charge in [-0.05, 0) is 0 Å². The fourth-order valence-electron chi connectivity index (χ4n) is 0.851. The molecule has 0 aromatic carbocycles. The Morgan fingerprint density at radius 3 is 2.64 bits per heavy atom. The van der Waals surface area contributed by atoms with Crippen molar-refractivity contribution in [3.05, 3.63) is 0 Å². The van der Waals surface area contributed by atoms with E-state index in [0.717, 1.165) is 0 Å². The molecule has 5 nitrogen and oxygen atoms in total. The molecule has 0 spiro atoms. The third-order valence-electron chi connectivity index (χ3n) is 1.45. The van der Waals surface area contributed by atoms with E-state index in [1.54, 1.807) is 0 Å². The van der Waals surface area contributed by atoms with Crippen LogP contribution in [0.2, 0.25) is 0 Å². The van der Waals surface area contributed by atoms with Gasteiger partial charge >= 0.3 is 5.97 Å². The van der Waals surface area contributed by atoms with Gasteiger partial charge in [-0.1, -0.05) is 0 Å². The van der Waals surface area contributed by atoms with E-state index in [9.17, 15) is 4.79 Å². The Kier molecular flexibility index (Phi) is 2.81. The SMILES string of the molecule is NC(CC1OCCO1)C(=O)O. The largest absolute Gasteiger partial charge is 0.480 e. The Hall–Kier alpha value is -0.650. The van der Waals surface area contributed by atoms with E-state index in [4.69, 9.17) is 20.3 Å². The Morgan fingerprint density at radius 1 is 1.64 bits per heavy atom. The zero-order chi connectivity index (χ0) is 8.27. The average molecular weight is 161 g/mol. The maximum atomic E-state index is 10.3. The Bertz CT molecular complexity index is 144. The molecular weight excluding hydrogens is 150 g/mol. The van der Waals surface area contributed by atoms with Crippen LogP contribution in [0.4, 0.5) is 0 Å². The lowest BCUT2D eigenvalue weighted by atomic mass is 10.2. The molecule has 0 radical (unpaired) electrons. The lowest BCUT2D eigenvalue weighted by Gasteiger charge is -2.11. The summed E-state index contributed by atoms with van der Waals surface area (Å²) >= 11 is 0. The van der Waals surface area contributed by atoms with Gasteiger partial charge in [0.15, 0.2) is 6.29 Å². The maximum Gasteiger partial charge on any atom is 0.320 e. The summed E-state index contributed by atoms with van der Waals surface area (Å²) in [5.74, 6) is -1.02. The van der Waals surface area contributed by atoms with Crippen LogP contribution in [0.1, 0.15) is 6.42 Å². The van der Waals surface area contributed by atoms with E-state index >= 15 is 0 Å². The summed E-state index contributed by atoms with van der Waals surface area (Å²) in [6, 6.07) is -0.891. The molecule has 1 rings (SSSR count). The van der Waals surface area contributed by atoms with Crippen molar-refractivity contribution < 1.29 is 19.4 Å². The maximum absolute atomic E-state index is 10.3. The molecule has 5 heteroatoms. The second-order valence-corrected chi connectivity index (χ2v) is 2.35. The number of carbonyl (C=O) groups is 1. The van der Waals surface area contributed by atoms with Crippen molar-refractivity contribution in [1.29, 1.82) is 0 Å². The fourth-order valence-corrected chi connectivity index (χ4v) is 0.851. The van der Waals surface area contributed by atoms with Crippen molar-refractivity contribution in [3.63, 3.8) is 0 Å². The first-order valence-corrected chi connectivity index (χ1v) is 3.41. The highest BCUT2D eigenvalue weighted by atomic mass is 16.7. The van der Waals surface area contributed by atoms with Crippen LogP contribution in [0.25, 0.3) is 0 Å². The molecule has 0 aromatic rings. The summed E-state index contributed by atoms with van der Waals surface area (Å²) in [6.45, 7) is 1.05. The molecule has 1 atom stereocenters. The average Bonchev–Trinajstić information content (AvgIpc) is 2.39. The minimum absolute atomic E-state index is 0.218. The Balaban J connectivity index is 2.23. The molecule has 0 aliphatic carbocycles. The normalized spacial score (nSPS) is 21.9. The van der Waals surface area contributed by atoms with Crippen molar-refractivity contribution in [2.75, 3.05) is 13.2 Å². The van der Waals surface area contributed by atoms with E-state index in [1.165, 1.54) is 0 Å². The van der Waals surface area contributed by atoms with Crippen molar-refractivity contribution in [1.82, 2.24) is 0 Å². The first-order chi connectivity index (χ1) is 5.20. The first kappa shape index (κ1) is 8.45. The topological polar surface area (TPSA) is 81.8 Å². The number of carboxylic acid groups (broad SMARTS) is 1. The second kappa shape index (κ2) is 3.66. The standard InChI is InChI=1S/C6H11NO4/c7-4(6(8)9)3-5-10-1-2-11-5/h4-5H,1-3,7H2,(H,8,9). The molecule has 1 fully saturated rings. The zero-order valence-corrected chi connectivity index (χ0v) is 6.03. The summed E-state index contributed by atoms with van der Waals surface area (Å²) in [7, 11) is 0. The molecule has 1 aliphatic rings. The van der Waals surface area contributed by atoms with Crippen molar-refractivity contribution in [2.24, 2.45) is 5.73 Å². The molecule has 1 saturated heterocycles. The van der Waals surface area contributed by atoms with Crippen LogP contribution in [0.15, 0.2) is 0 Å². The molecule has 11 heavy (non-hydrogen) atoms. The highest BCUT2D eigenvalue weighted by molar-refractivity contribution is 5.73. The quantitative estimate of drug-likeness (QED) is 0.564. The third-order valence-corrected chi connectivity index (χ3v) is 1.45. The van der Waals surface area contributed by atoms with Gasteiger partial charge < -0.3 is 20.3 Å². The molecule has 0 saturated carbocycles. The van der Waals surface area contributed by atoms with Crippen LogP contribution in [-0.2, 0) is 14.3 Å². The second-order valence-electron chi connectivity index (χ2n) is 2.35. The molecule has 3 N–H and O–H groups in total. The van der Waals surface area contributed by atoms with E-state index in [2.05, 4.69) is 0 Å². The first-order valence-electron chi connectivity index (χ1n) is 3.41. The summed E-state index contributed by atoms with van der Waals surface area (Å²) in [5.41, 5.74) is 5.24. The van der Waals surface area contributed by atoms with E-state index in [-0.39, 0.29) is 6.42 Å². The van der Waals surface area contributed by atoms with Gasteiger partial charge in [0.05, 0.1) is 13.2 Å². The Labute approximate surface area is 64.1 Å². The van der Waals surface area contributed by atoms with Crippen molar-refractivity contribution in [2.45, 2.75) is 18.8 Å². The predicted molar refractivity (Wildman–Crippen MR) is 35.9 cm³/mol. The molecule has 1 unspecified atom stereocenters. The number of hydrogen-bond donors (Lipinski definition) is 2.